The van der Waals surface area contributed by atoms with Crippen LogP contribution >= 0.6 is 0 Å². The molecule has 1 amide bonds. The smallest absolute Gasteiger partial charge is 0.226 e. The number of imidazole rings is 1. The molecule has 4 heterocycles. The lowest BCUT2D eigenvalue weighted by atomic mass is 9.85. The number of amides is 1. The molecule has 5 rings (SSSR count). The van der Waals surface area contributed by atoms with Crippen molar-refractivity contribution in [2.75, 3.05) is 5.32 Å². The van der Waals surface area contributed by atoms with Crippen molar-refractivity contribution >= 4 is 22.9 Å². The number of carbonyl (C=O) groups excluding carboxylic acids is 1. The maximum Gasteiger partial charge on any atom is 0.226 e. The van der Waals surface area contributed by atoms with Gasteiger partial charge in [0.15, 0.2) is 11.5 Å². The number of anilines is 1. The fraction of sp³-hybridized carbons (Fsp3) is 0.167. The first-order valence-corrected chi connectivity index (χ1v) is 8.52. The predicted molar refractivity (Wildman–Crippen MR) is 95.0 cm³/mol. The maximum atomic E-state index is 14.5. The number of nitrogens with zero attached hydrogens (tertiary/aromatic N) is 5. The summed E-state index contributed by atoms with van der Waals surface area (Å²) in [7, 11) is 0. The quantitative estimate of drug-likeness (QED) is 0.556. The minimum atomic E-state index is -0.794. The summed E-state index contributed by atoms with van der Waals surface area (Å²) in [5.41, 5.74) is 1.91. The highest BCUT2D eigenvalue weighted by Crippen LogP contribution is 2.42. The molecule has 28 heavy (non-hydrogen) atoms. The molecule has 2 N–H and O–H groups in total. The summed E-state index contributed by atoms with van der Waals surface area (Å²) in [6.45, 7) is 1.73. The van der Waals surface area contributed by atoms with E-state index in [2.05, 4.69) is 30.4 Å². The standard InChI is InChI=1S/C18H13F2N7O/c1-8-13-9(14-10(19)3-2-4-11(14)20)5-12(28)25-17(13)27(26-8)18-15-16(22-6-21-15)23-7-24-18/h2-4,6-7,9H,5H2,1H3,(H,25,28)(H,21,22,23,24)/t9-/m0/s1. The molecule has 10 heteroatoms. The molecule has 1 aromatic carbocycles. The molecule has 4 aromatic rings. The first-order chi connectivity index (χ1) is 13.5. The number of halogens is 2. The Morgan fingerprint density at radius 2 is 1.93 bits per heavy atom. The zero-order chi connectivity index (χ0) is 19.4. The van der Waals surface area contributed by atoms with Crippen LogP contribution in [0.1, 0.15) is 29.2 Å². The van der Waals surface area contributed by atoms with Crippen LogP contribution in [0.25, 0.3) is 17.0 Å². The number of benzene rings is 1. The van der Waals surface area contributed by atoms with Crippen LogP contribution in [0, 0.1) is 18.6 Å². The molecular formula is C18H13F2N7O. The van der Waals surface area contributed by atoms with Gasteiger partial charge in [-0.25, -0.2) is 23.7 Å². The van der Waals surface area contributed by atoms with Gasteiger partial charge in [-0.3, -0.25) is 4.79 Å². The highest BCUT2D eigenvalue weighted by Gasteiger charge is 2.36. The molecule has 0 fully saturated rings. The van der Waals surface area contributed by atoms with Crippen molar-refractivity contribution in [3.8, 4) is 5.82 Å². The molecule has 3 aromatic heterocycles. The van der Waals surface area contributed by atoms with Gasteiger partial charge in [0.2, 0.25) is 5.91 Å². The van der Waals surface area contributed by atoms with E-state index in [4.69, 9.17) is 0 Å². The Hall–Kier alpha value is -3.69. The van der Waals surface area contributed by atoms with Crippen LogP contribution < -0.4 is 5.32 Å². The molecule has 0 aliphatic carbocycles. The summed E-state index contributed by atoms with van der Waals surface area (Å²) in [5, 5.41) is 7.25. The summed E-state index contributed by atoms with van der Waals surface area (Å²) in [6.07, 6.45) is 2.73. The normalized spacial score (nSPS) is 16.2. The minimum absolute atomic E-state index is 0.0827. The number of nitrogens with one attached hydrogen (secondary N) is 2. The second-order valence-electron chi connectivity index (χ2n) is 6.50. The van der Waals surface area contributed by atoms with Crippen molar-refractivity contribution in [1.29, 1.82) is 0 Å². The number of aryl methyl sites for hydroxylation is 1. The van der Waals surface area contributed by atoms with Crippen LogP contribution in [0.15, 0.2) is 30.9 Å². The Kier molecular flexibility index (Phi) is 3.48. The molecule has 0 saturated heterocycles. The van der Waals surface area contributed by atoms with Crippen molar-refractivity contribution in [2.24, 2.45) is 0 Å². The zero-order valence-corrected chi connectivity index (χ0v) is 14.6. The molecule has 140 valence electrons. The van der Waals surface area contributed by atoms with Crippen molar-refractivity contribution < 1.29 is 13.6 Å². The van der Waals surface area contributed by atoms with Crippen LogP contribution in [-0.2, 0) is 4.79 Å². The Bertz CT molecular complexity index is 1230. The van der Waals surface area contributed by atoms with Crippen molar-refractivity contribution in [1.82, 2.24) is 29.7 Å². The second-order valence-corrected chi connectivity index (χ2v) is 6.50. The predicted octanol–water partition coefficient (Wildman–Crippen LogP) is 2.60. The highest BCUT2D eigenvalue weighted by molar-refractivity contribution is 5.95. The Morgan fingerprint density at radius 1 is 1.14 bits per heavy atom. The lowest BCUT2D eigenvalue weighted by Crippen LogP contribution is -2.26. The van der Waals surface area contributed by atoms with Crippen molar-refractivity contribution in [3.05, 3.63) is 59.3 Å². The van der Waals surface area contributed by atoms with Gasteiger partial charge in [0.25, 0.3) is 0 Å². The van der Waals surface area contributed by atoms with Gasteiger partial charge in [0.05, 0.1) is 12.0 Å². The second kappa shape index (κ2) is 5.91. The number of aromatic amines is 1. The third-order valence-electron chi connectivity index (χ3n) is 4.85. The molecule has 1 aliphatic heterocycles. The van der Waals surface area contributed by atoms with Gasteiger partial charge in [-0.15, -0.1) is 0 Å². The molecule has 0 spiro atoms. The van der Waals surface area contributed by atoms with Crippen LogP contribution in [0.2, 0.25) is 0 Å². The van der Waals surface area contributed by atoms with E-state index in [-0.39, 0.29) is 17.9 Å². The van der Waals surface area contributed by atoms with E-state index in [9.17, 15) is 13.6 Å². The molecule has 1 atom stereocenters. The number of aromatic nitrogens is 6. The largest absolute Gasteiger partial charge is 0.340 e. The van der Waals surface area contributed by atoms with Gasteiger partial charge in [0.1, 0.15) is 29.3 Å². The first-order valence-electron chi connectivity index (χ1n) is 8.52. The average Bonchev–Trinajstić information content (AvgIpc) is 3.26. The highest BCUT2D eigenvalue weighted by atomic mass is 19.1. The number of H-pyrrole nitrogens is 1. The van der Waals surface area contributed by atoms with Crippen LogP contribution in [-0.4, -0.2) is 35.6 Å². The lowest BCUT2D eigenvalue weighted by molar-refractivity contribution is -0.116. The minimum Gasteiger partial charge on any atom is -0.340 e. The van der Waals surface area contributed by atoms with Gasteiger partial charge in [-0.05, 0) is 19.1 Å². The van der Waals surface area contributed by atoms with Crippen molar-refractivity contribution in [3.63, 3.8) is 0 Å². The first kappa shape index (κ1) is 16.5. The van der Waals surface area contributed by atoms with Gasteiger partial charge in [-0.1, -0.05) is 6.07 Å². The average molecular weight is 381 g/mol. The topological polar surface area (TPSA) is 101 Å². The summed E-state index contributed by atoms with van der Waals surface area (Å²) in [5.74, 6) is -1.85. The molecule has 0 unspecified atom stereocenters. The summed E-state index contributed by atoms with van der Waals surface area (Å²) in [4.78, 5) is 27.7. The van der Waals surface area contributed by atoms with Crippen molar-refractivity contribution in [2.45, 2.75) is 19.3 Å². The molecular weight excluding hydrogens is 368 g/mol. The molecule has 0 saturated carbocycles. The van der Waals surface area contributed by atoms with Gasteiger partial charge < -0.3 is 10.3 Å². The number of fused-ring (bicyclic) bond motifs is 2. The Balaban J connectivity index is 1.76. The molecule has 8 nitrogen and oxygen atoms in total. The molecule has 0 bridgehead atoms. The van der Waals surface area contributed by atoms with Gasteiger partial charge >= 0.3 is 0 Å². The lowest BCUT2D eigenvalue weighted by Gasteiger charge is -2.24. The molecule has 1 aliphatic rings. The van der Waals surface area contributed by atoms with E-state index in [1.54, 1.807) is 6.92 Å². The number of carbonyl (C=O) groups is 1. The maximum absolute atomic E-state index is 14.5. The Labute approximate surface area is 156 Å². The van der Waals surface area contributed by atoms with E-state index in [0.29, 0.717) is 34.1 Å². The van der Waals surface area contributed by atoms with Gasteiger partial charge in [0, 0.05) is 23.5 Å². The third-order valence-corrected chi connectivity index (χ3v) is 4.85. The number of hydrogen-bond donors (Lipinski definition) is 2. The summed E-state index contributed by atoms with van der Waals surface area (Å²) in [6, 6.07) is 3.66. The van der Waals surface area contributed by atoms with Crippen LogP contribution in [0.5, 0.6) is 0 Å². The summed E-state index contributed by atoms with van der Waals surface area (Å²) < 4.78 is 30.3. The third kappa shape index (κ3) is 2.30. The van der Waals surface area contributed by atoms with Crippen LogP contribution in [0.3, 0.4) is 0 Å². The van der Waals surface area contributed by atoms with Crippen LogP contribution in [0.4, 0.5) is 14.6 Å². The van der Waals surface area contributed by atoms with E-state index >= 15 is 0 Å². The van der Waals surface area contributed by atoms with E-state index in [1.807, 2.05) is 0 Å². The van der Waals surface area contributed by atoms with E-state index < -0.39 is 17.6 Å². The van der Waals surface area contributed by atoms with E-state index in [0.717, 1.165) is 0 Å². The van der Waals surface area contributed by atoms with E-state index in [1.165, 1.54) is 35.5 Å². The summed E-state index contributed by atoms with van der Waals surface area (Å²) >= 11 is 0. The van der Waals surface area contributed by atoms with Gasteiger partial charge in [-0.2, -0.15) is 9.78 Å². The number of rotatable bonds is 2. The zero-order valence-electron chi connectivity index (χ0n) is 14.6. The monoisotopic (exact) mass is 381 g/mol. The Morgan fingerprint density at radius 3 is 2.71 bits per heavy atom. The number of hydrogen-bond acceptors (Lipinski definition) is 5. The fourth-order valence-corrected chi connectivity index (χ4v) is 3.70. The fourth-order valence-electron chi connectivity index (χ4n) is 3.70. The molecule has 0 radical (unpaired) electrons. The SMILES string of the molecule is Cc1nn(-c2ncnc3nc[nH]c23)c2c1[C@@H](c1c(F)cccc1F)CC(=O)N2.